The molecule has 0 aliphatic rings. The van der Waals surface area contributed by atoms with E-state index < -0.39 is 23.7 Å². The van der Waals surface area contributed by atoms with Crippen LogP contribution in [0.15, 0.2) is 54.7 Å². The van der Waals surface area contributed by atoms with Crippen LogP contribution in [0.2, 0.25) is 0 Å². The van der Waals surface area contributed by atoms with Gasteiger partial charge in [0.05, 0.1) is 17.7 Å². The summed E-state index contributed by atoms with van der Waals surface area (Å²) in [7, 11) is 0. The molecule has 0 saturated carbocycles. The van der Waals surface area contributed by atoms with E-state index in [4.69, 9.17) is 9.47 Å². The molecule has 32 heavy (non-hydrogen) atoms. The van der Waals surface area contributed by atoms with Gasteiger partial charge in [0.1, 0.15) is 5.60 Å². The van der Waals surface area contributed by atoms with E-state index in [2.05, 4.69) is 5.32 Å². The molecule has 0 atom stereocenters. The van der Waals surface area contributed by atoms with E-state index >= 15 is 0 Å². The van der Waals surface area contributed by atoms with Crippen LogP contribution in [0, 0.1) is 5.92 Å². The molecule has 168 valence electrons. The fraction of sp³-hybridized carbons (Fsp3) is 0.320. The molecule has 0 aliphatic heterocycles. The van der Waals surface area contributed by atoms with Crippen molar-refractivity contribution in [3.63, 3.8) is 0 Å². The fourth-order valence-electron chi connectivity index (χ4n) is 3.18. The van der Waals surface area contributed by atoms with E-state index in [9.17, 15) is 14.4 Å². The maximum absolute atomic E-state index is 13.1. The summed E-state index contributed by atoms with van der Waals surface area (Å²) in [5.74, 6) is -0.501. The van der Waals surface area contributed by atoms with E-state index in [1.54, 1.807) is 39.1 Å². The van der Waals surface area contributed by atoms with Crippen LogP contribution in [0.25, 0.3) is 22.0 Å². The van der Waals surface area contributed by atoms with E-state index in [0.717, 1.165) is 11.1 Å². The number of amides is 2. The number of hydrogen-bond acceptors (Lipinski definition) is 5. The van der Waals surface area contributed by atoms with Crippen molar-refractivity contribution in [3.8, 4) is 11.1 Å². The molecule has 0 unspecified atom stereocenters. The zero-order valence-electron chi connectivity index (χ0n) is 19.0. The summed E-state index contributed by atoms with van der Waals surface area (Å²) in [5, 5.41) is 2.93. The third kappa shape index (κ3) is 5.55. The number of aromatic nitrogens is 1. The number of carbonyl (C=O) groups is 3. The summed E-state index contributed by atoms with van der Waals surface area (Å²) >= 11 is 0. The molecular weight excluding hydrogens is 408 g/mol. The number of nitrogens with one attached hydrogen (secondary N) is 1. The Morgan fingerprint density at radius 1 is 1.00 bits per heavy atom. The van der Waals surface area contributed by atoms with Gasteiger partial charge in [-0.05, 0) is 56.0 Å². The average Bonchev–Trinajstić information content (AvgIpc) is 3.14. The number of fused-ring (bicyclic) bond motifs is 1. The molecule has 7 nitrogen and oxygen atoms in total. The Bertz CT molecular complexity index is 1140. The Kier molecular flexibility index (Phi) is 6.67. The van der Waals surface area contributed by atoms with Gasteiger partial charge in [-0.3, -0.25) is 14.7 Å². The van der Waals surface area contributed by atoms with E-state index in [1.165, 1.54) is 4.57 Å². The van der Waals surface area contributed by atoms with Crippen molar-refractivity contribution in [2.24, 2.45) is 5.92 Å². The summed E-state index contributed by atoms with van der Waals surface area (Å²) in [6.45, 7) is 9.25. The summed E-state index contributed by atoms with van der Waals surface area (Å²) < 4.78 is 11.9. The Hall–Kier alpha value is -3.61. The molecule has 0 fully saturated rings. The molecular formula is C25H28N2O5. The first-order valence-electron chi connectivity index (χ1n) is 10.5. The fourth-order valence-corrected chi connectivity index (χ4v) is 3.18. The second-order valence-electron chi connectivity index (χ2n) is 8.94. The van der Waals surface area contributed by atoms with Crippen LogP contribution in [0.4, 0.5) is 9.59 Å². The first kappa shape index (κ1) is 23.1. The molecule has 0 bridgehead atoms. The highest BCUT2D eigenvalue weighted by Crippen LogP contribution is 2.29. The van der Waals surface area contributed by atoms with Crippen LogP contribution in [0.5, 0.6) is 0 Å². The van der Waals surface area contributed by atoms with Crippen LogP contribution in [0.1, 0.15) is 45.0 Å². The third-order valence-electron chi connectivity index (χ3n) is 4.49. The third-order valence-corrected chi connectivity index (χ3v) is 4.49. The Morgan fingerprint density at radius 2 is 1.69 bits per heavy atom. The van der Waals surface area contributed by atoms with Crippen LogP contribution in [-0.2, 0) is 9.47 Å². The molecule has 0 spiro atoms. The predicted molar refractivity (Wildman–Crippen MR) is 123 cm³/mol. The summed E-state index contributed by atoms with van der Waals surface area (Å²) in [6, 6.07) is 14.8. The van der Waals surface area contributed by atoms with Gasteiger partial charge in [0.25, 0.3) is 5.91 Å². The highest BCUT2D eigenvalue weighted by molar-refractivity contribution is 6.13. The largest absolute Gasteiger partial charge is 0.449 e. The zero-order valence-corrected chi connectivity index (χ0v) is 19.0. The minimum atomic E-state index is -0.860. The van der Waals surface area contributed by atoms with Crippen LogP contribution in [0.3, 0.4) is 0 Å². The lowest BCUT2D eigenvalue weighted by atomic mass is 10.00. The quantitative estimate of drug-likeness (QED) is 0.574. The van der Waals surface area contributed by atoms with E-state index in [-0.39, 0.29) is 18.1 Å². The molecule has 2 aromatic carbocycles. The van der Waals surface area contributed by atoms with Crippen LogP contribution in [-0.4, -0.2) is 34.9 Å². The Morgan fingerprint density at radius 3 is 2.31 bits per heavy atom. The zero-order chi connectivity index (χ0) is 23.5. The summed E-state index contributed by atoms with van der Waals surface area (Å²) in [4.78, 5) is 38.0. The minimum absolute atomic E-state index is 0.165. The van der Waals surface area contributed by atoms with Gasteiger partial charge in [-0.1, -0.05) is 44.2 Å². The molecule has 0 aliphatic carbocycles. The molecule has 3 rings (SSSR count). The van der Waals surface area contributed by atoms with Crippen molar-refractivity contribution < 1.29 is 23.9 Å². The van der Waals surface area contributed by atoms with Gasteiger partial charge in [0.15, 0.2) is 0 Å². The first-order valence-corrected chi connectivity index (χ1v) is 10.5. The van der Waals surface area contributed by atoms with Crippen LogP contribution < -0.4 is 5.32 Å². The number of rotatable bonds is 4. The highest BCUT2D eigenvalue weighted by Gasteiger charge is 2.23. The smallest absolute Gasteiger partial charge is 0.418 e. The maximum Gasteiger partial charge on any atom is 0.418 e. The monoisotopic (exact) mass is 436 g/mol. The van der Waals surface area contributed by atoms with Gasteiger partial charge in [-0.2, -0.15) is 0 Å². The van der Waals surface area contributed by atoms with E-state index in [1.807, 2.05) is 50.2 Å². The molecule has 3 aromatic rings. The number of carbonyl (C=O) groups excluding carboxylic acids is 3. The van der Waals surface area contributed by atoms with Crippen molar-refractivity contribution in [2.45, 2.75) is 40.2 Å². The van der Waals surface area contributed by atoms with Gasteiger partial charge in [-0.25, -0.2) is 9.59 Å². The highest BCUT2D eigenvalue weighted by atomic mass is 16.6. The van der Waals surface area contributed by atoms with Gasteiger partial charge < -0.3 is 9.47 Å². The molecule has 1 heterocycles. The molecule has 0 saturated heterocycles. The van der Waals surface area contributed by atoms with Crippen molar-refractivity contribution in [2.75, 3.05) is 6.61 Å². The minimum Gasteiger partial charge on any atom is -0.449 e. The Balaban J connectivity index is 2.07. The number of alkyl carbamates (subject to hydrolysis) is 1. The van der Waals surface area contributed by atoms with Gasteiger partial charge in [0.2, 0.25) is 0 Å². The predicted octanol–water partition coefficient (Wildman–Crippen LogP) is 5.61. The number of hydrogen-bond donors (Lipinski definition) is 1. The topological polar surface area (TPSA) is 86.6 Å². The van der Waals surface area contributed by atoms with E-state index in [0.29, 0.717) is 10.9 Å². The van der Waals surface area contributed by atoms with Crippen molar-refractivity contribution in [3.05, 3.63) is 60.3 Å². The molecule has 1 aromatic heterocycles. The van der Waals surface area contributed by atoms with Gasteiger partial charge in [0, 0.05) is 11.6 Å². The lowest BCUT2D eigenvalue weighted by Crippen LogP contribution is -2.36. The molecule has 2 amide bonds. The lowest BCUT2D eigenvalue weighted by molar-refractivity contribution is 0.0508. The standard InChI is InChI=1S/C25H28N2O5/c1-16(2)15-31-24(30)27-12-11-18-13-19(17-9-7-6-8-10-17)14-20(21(18)27)22(28)26-23(29)32-25(3,4)5/h6-14,16H,15H2,1-5H3,(H,26,28,29). The second kappa shape index (κ2) is 9.26. The summed E-state index contributed by atoms with van der Waals surface area (Å²) in [5.41, 5.74) is 1.45. The normalized spacial score (nSPS) is 11.4. The SMILES string of the molecule is CC(C)COC(=O)n1ccc2cc(-c3ccccc3)cc(C(=O)NC(=O)OC(C)(C)C)c21. The number of benzene rings is 2. The Labute approximate surface area is 187 Å². The average molecular weight is 437 g/mol. The lowest BCUT2D eigenvalue weighted by Gasteiger charge is -2.19. The summed E-state index contributed by atoms with van der Waals surface area (Å²) in [6.07, 6.45) is 0.112. The maximum atomic E-state index is 13.1. The van der Waals surface area contributed by atoms with Gasteiger partial charge in [-0.15, -0.1) is 0 Å². The van der Waals surface area contributed by atoms with Crippen molar-refractivity contribution in [1.29, 1.82) is 0 Å². The molecule has 0 radical (unpaired) electrons. The molecule has 1 N–H and O–H groups in total. The number of nitrogens with zero attached hydrogens (tertiary/aromatic N) is 1. The van der Waals surface area contributed by atoms with Crippen molar-refractivity contribution in [1.82, 2.24) is 9.88 Å². The first-order chi connectivity index (χ1) is 15.0. The number of ether oxygens (including phenoxy) is 2. The van der Waals surface area contributed by atoms with Gasteiger partial charge >= 0.3 is 12.2 Å². The van der Waals surface area contributed by atoms with Crippen molar-refractivity contribution >= 4 is 29.0 Å². The van der Waals surface area contributed by atoms with Crippen LogP contribution >= 0.6 is 0 Å². The molecule has 7 heteroatoms. The number of imide groups is 1. The second-order valence-corrected chi connectivity index (χ2v) is 8.94.